The summed E-state index contributed by atoms with van der Waals surface area (Å²) in [6.45, 7) is 2.94. The summed E-state index contributed by atoms with van der Waals surface area (Å²) in [4.78, 5) is 12.3. The highest BCUT2D eigenvalue weighted by atomic mass is 16.3. The fraction of sp³-hybridized carbons (Fsp3) is 0.875. The van der Waals surface area contributed by atoms with Gasteiger partial charge in [0.05, 0.1) is 6.61 Å². The van der Waals surface area contributed by atoms with E-state index in [2.05, 4.69) is 10.2 Å². The molecule has 4 heteroatoms. The van der Waals surface area contributed by atoms with Crippen LogP contribution in [0.4, 0.5) is 0 Å². The summed E-state index contributed by atoms with van der Waals surface area (Å²) in [5.41, 5.74) is 0. The number of amides is 1. The van der Waals surface area contributed by atoms with E-state index in [0.29, 0.717) is 6.04 Å². The van der Waals surface area contributed by atoms with E-state index in [0.717, 1.165) is 38.9 Å². The first kappa shape index (κ1) is 9.48. The molecule has 12 heavy (non-hydrogen) atoms. The predicted octanol–water partition coefficient (Wildman–Crippen LogP) is -0.811. The van der Waals surface area contributed by atoms with Gasteiger partial charge in [0.2, 0.25) is 6.41 Å². The molecule has 0 aromatic carbocycles. The maximum atomic E-state index is 10.1. The first-order valence-corrected chi connectivity index (χ1v) is 4.39. The molecule has 1 amide bonds. The summed E-state index contributed by atoms with van der Waals surface area (Å²) in [6, 6.07) is 0.345. The smallest absolute Gasteiger partial charge is 0.207 e. The van der Waals surface area contributed by atoms with E-state index in [9.17, 15) is 4.79 Å². The number of carbonyl (C=O) groups is 1. The minimum absolute atomic E-state index is 0.228. The molecule has 4 nitrogen and oxygen atoms in total. The van der Waals surface area contributed by atoms with Gasteiger partial charge in [-0.25, -0.2) is 0 Å². The Morgan fingerprint density at radius 1 is 1.50 bits per heavy atom. The number of β-amino-alcohol motifs (C(OH)–C–C–N with tert-alkyl or cyclic N) is 1. The minimum atomic E-state index is 0.228. The molecule has 0 bridgehead atoms. The van der Waals surface area contributed by atoms with Crippen LogP contribution in [0.5, 0.6) is 0 Å². The van der Waals surface area contributed by atoms with Crippen molar-refractivity contribution in [3.8, 4) is 0 Å². The summed E-state index contributed by atoms with van der Waals surface area (Å²) in [5.74, 6) is 0. The second-order valence-corrected chi connectivity index (χ2v) is 3.12. The van der Waals surface area contributed by atoms with Crippen molar-refractivity contribution >= 4 is 6.41 Å². The van der Waals surface area contributed by atoms with E-state index < -0.39 is 0 Å². The number of piperidine rings is 1. The van der Waals surface area contributed by atoms with Crippen LogP contribution >= 0.6 is 0 Å². The number of nitrogens with one attached hydrogen (secondary N) is 1. The van der Waals surface area contributed by atoms with Gasteiger partial charge in [0.15, 0.2) is 0 Å². The van der Waals surface area contributed by atoms with Gasteiger partial charge in [-0.3, -0.25) is 4.79 Å². The van der Waals surface area contributed by atoms with Crippen LogP contribution in [0.2, 0.25) is 0 Å². The molecular formula is C8H16N2O2. The lowest BCUT2D eigenvalue weighted by atomic mass is 10.1. The lowest BCUT2D eigenvalue weighted by molar-refractivity contribution is -0.110. The molecule has 1 aliphatic rings. The summed E-state index contributed by atoms with van der Waals surface area (Å²) in [6.07, 6.45) is 2.77. The van der Waals surface area contributed by atoms with Gasteiger partial charge in [0.1, 0.15) is 0 Å². The van der Waals surface area contributed by atoms with Crippen LogP contribution in [0.15, 0.2) is 0 Å². The highest BCUT2D eigenvalue weighted by molar-refractivity contribution is 5.46. The molecule has 1 aliphatic heterocycles. The van der Waals surface area contributed by atoms with Gasteiger partial charge in [-0.15, -0.1) is 0 Å². The SMILES string of the molecule is O=CNC1CCN(CCO)CC1. The minimum Gasteiger partial charge on any atom is -0.395 e. The molecule has 0 radical (unpaired) electrons. The number of rotatable bonds is 4. The molecule has 0 aromatic heterocycles. The Hall–Kier alpha value is -0.610. The highest BCUT2D eigenvalue weighted by Crippen LogP contribution is 2.08. The van der Waals surface area contributed by atoms with Gasteiger partial charge in [-0.05, 0) is 12.8 Å². The fourth-order valence-electron chi connectivity index (χ4n) is 1.56. The third kappa shape index (κ3) is 2.79. The Morgan fingerprint density at radius 3 is 2.67 bits per heavy atom. The van der Waals surface area contributed by atoms with Gasteiger partial charge >= 0.3 is 0 Å². The van der Waals surface area contributed by atoms with E-state index >= 15 is 0 Å². The molecule has 1 fully saturated rings. The summed E-state index contributed by atoms with van der Waals surface area (Å²) >= 11 is 0. The molecule has 0 atom stereocenters. The van der Waals surface area contributed by atoms with E-state index in [-0.39, 0.29) is 6.61 Å². The molecule has 0 spiro atoms. The van der Waals surface area contributed by atoms with Crippen molar-refractivity contribution < 1.29 is 9.90 Å². The molecule has 0 saturated carbocycles. The van der Waals surface area contributed by atoms with Gasteiger partial charge in [-0.1, -0.05) is 0 Å². The predicted molar refractivity (Wildman–Crippen MR) is 45.7 cm³/mol. The Balaban J connectivity index is 2.15. The molecule has 2 N–H and O–H groups in total. The van der Waals surface area contributed by atoms with Gasteiger partial charge in [0, 0.05) is 25.7 Å². The van der Waals surface area contributed by atoms with Gasteiger partial charge in [0.25, 0.3) is 0 Å². The van der Waals surface area contributed by atoms with Crippen LogP contribution in [0.3, 0.4) is 0 Å². The van der Waals surface area contributed by atoms with Crippen LogP contribution in [-0.2, 0) is 4.79 Å². The number of carbonyl (C=O) groups excluding carboxylic acids is 1. The van der Waals surface area contributed by atoms with Crippen molar-refractivity contribution in [3.63, 3.8) is 0 Å². The number of hydrogen-bond acceptors (Lipinski definition) is 3. The Bertz CT molecular complexity index is 133. The Kier molecular flexibility index (Phi) is 4.04. The average Bonchev–Trinajstić information content (AvgIpc) is 2.09. The van der Waals surface area contributed by atoms with Crippen molar-refractivity contribution in [2.75, 3.05) is 26.2 Å². The summed E-state index contributed by atoms with van der Waals surface area (Å²) in [7, 11) is 0. The number of aliphatic hydroxyl groups excluding tert-OH is 1. The molecular weight excluding hydrogens is 156 g/mol. The van der Waals surface area contributed by atoms with E-state index in [1.807, 2.05) is 0 Å². The summed E-state index contributed by atoms with van der Waals surface area (Å²) in [5, 5.41) is 11.5. The zero-order chi connectivity index (χ0) is 8.81. The van der Waals surface area contributed by atoms with E-state index in [4.69, 9.17) is 5.11 Å². The quantitative estimate of drug-likeness (QED) is 0.545. The standard InChI is InChI=1S/C8H16N2O2/c11-6-5-10-3-1-8(2-4-10)9-7-12/h7-8,11H,1-6H2,(H,9,12). The normalized spacial score (nSPS) is 20.8. The third-order valence-electron chi connectivity index (χ3n) is 2.31. The van der Waals surface area contributed by atoms with Crippen molar-refractivity contribution in [1.82, 2.24) is 10.2 Å². The molecule has 0 aliphatic carbocycles. The molecule has 0 unspecified atom stereocenters. The van der Waals surface area contributed by atoms with E-state index in [1.165, 1.54) is 0 Å². The Morgan fingerprint density at radius 2 is 2.17 bits per heavy atom. The maximum absolute atomic E-state index is 10.1. The maximum Gasteiger partial charge on any atom is 0.207 e. The average molecular weight is 172 g/mol. The molecule has 1 heterocycles. The van der Waals surface area contributed by atoms with E-state index in [1.54, 1.807) is 0 Å². The zero-order valence-electron chi connectivity index (χ0n) is 7.20. The van der Waals surface area contributed by atoms with Crippen molar-refractivity contribution in [1.29, 1.82) is 0 Å². The first-order chi connectivity index (χ1) is 5.86. The van der Waals surface area contributed by atoms with Crippen molar-refractivity contribution in [2.24, 2.45) is 0 Å². The topological polar surface area (TPSA) is 52.6 Å². The number of hydrogen-bond donors (Lipinski definition) is 2. The van der Waals surface area contributed by atoms with Crippen LogP contribution in [0.25, 0.3) is 0 Å². The molecule has 1 rings (SSSR count). The lowest BCUT2D eigenvalue weighted by Gasteiger charge is -2.30. The highest BCUT2D eigenvalue weighted by Gasteiger charge is 2.17. The van der Waals surface area contributed by atoms with Crippen LogP contribution in [0.1, 0.15) is 12.8 Å². The number of likely N-dealkylation sites (tertiary alicyclic amines) is 1. The molecule has 70 valence electrons. The number of nitrogens with zero attached hydrogens (tertiary/aromatic N) is 1. The largest absolute Gasteiger partial charge is 0.395 e. The van der Waals surface area contributed by atoms with Crippen LogP contribution in [0, 0.1) is 0 Å². The zero-order valence-corrected chi connectivity index (χ0v) is 7.20. The van der Waals surface area contributed by atoms with Crippen molar-refractivity contribution in [2.45, 2.75) is 18.9 Å². The lowest BCUT2D eigenvalue weighted by Crippen LogP contribution is -2.42. The monoisotopic (exact) mass is 172 g/mol. The van der Waals surface area contributed by atoms with Crippen LogP contribution in [-0.4, -0.2) is 48.7 Å². The summed E-state index contributed by atoms with van der Waals surface area (Å²) < 4.78 is 0. The Labute approximate surface area is 72.6 Å². The third-order valence-corrected chi connectivity index (χ3v) is 2.31. The molecule has 1 saturated heterocycles. The first-order valence-electron chi connectivity index (χ1n) is 4.39. The second kappa shape index (κ2) is 5.11. The van der Waals surface area contributed by atoms with Gasteiger partial charge < -0.3 is 15.3 Å². The molecule has 0 aromatic rings. The number of aliphatic hydroxyl groups is 1. The fourth-order valence-corrected chi connectivity index (χ4v) is 1.56. The van der Waals surface area contributed by atoms with Gasteiger partial charge in [-0.2, -0.15) is 0 Å². The second-order valence-electron chi connectivity index (χ2n) is 3.12. The van der Waals surface area contributed by atoms with Crippen molar-refractivity contribution in [3.05, 3.63) is 0 Å². The van der Waals surface area contributed by atoms with Crippen LogP contribution < -0.4 is 5.32 Å².